The number of anilines is 1. The van der Waals surface area contributed by atoms with E-state index in [0.29, 0.717) is 0 Å². The van der Waals surface area contributed by atoms with E-state index in [-0.39, 0.29) is 11.8 Å². The highest BCUT2D eigenvalue weighted by molar-refractivity contribution is 6.04. The van der Waals surface area contributed by atoms with Crippen LogP contribution < -0.4 is 5.32 Å². The van der Waals surface area contributed by atoms with E-state index in [4.69, 9.17) is 0 Å². The molecule has 16 heavy (non-hydrogen) atoms. The Balaban J connectivity index is 2.13. The quantitative estimate of drug-likeness (QED) is 0.768. The molecule has 2 aromatic rings. The first-order valence-electron chi connectivity index (χ1n) is 5.31. The maximum absolute atomic E-state index is 11.9. The Morgan fingerprint density at radius 2 is 1.56 bits per heavy atom. The molecule has 2 heteroatoms. The number of hydrogen-bond acceptors (Lipinski definition) is 1. The van der Waals surface area contributed by atoms with Crippen LogP contribution in [-0.2, 0) is 4.79 Å². The summed E-state index contributed by atoms with van der Waals surface area (Å²) >= 11 is 0. The summed E-state index contributed by atoms with van der Waals surface area (Å²) in [5.41, 5.74) is 3.05. The number of hydrogen-bond donors (Lipinski definition) is 1. The summed E-state index contributed by atoms with van der Waals surface area (Å²) in [6.07, 6.45) is 0. The minimum atomic E-state index is -0.155. The van der Waals surface area contributed by atoms with Crippen LogP contribution in [0, 0.1) is 0 Å². The van der Waals surface area contributed by atoms with E-state index >= 15 is 0 Å². The fraction of sp³-hybridized carbons (Fsp3) is 0.0714. The van der Waals surface area contributed by atoms with E-state index < -0.39 is 0 Å². The van der Waals surface area contributed by atoms with Crippen LogP contribution in [0.1, 0.15) is 17.0 Å². The minimum Gasteiger partial charge on any atom is -0.325 e. The number of fused-ring (bicyclic) bond motifs is 1. The van der Waals surface area contributed by atoms with E-state index in [1.54, 1.807) is 0 Å². The van der Waals surface area contributed by atoms with Gasteiger partial charge in [0.15, 0.2) is 0 Å². The SMILES string of the molecule is O=C1Nc2ccccc2[C@@H]1c1ccccc1. The molecule has 3 rings (SSSR count). The number of amides is 1. The minimum absolute atomic E-state index is 0.0624. The van der Waals surface area contributed by atoms with Crippen molar-refractivity contribution in [2.75, 3.05) is 5.32 Å². The summed E-state index contributed by atoms with van der Waals surface area (Å²) in [5.74, 6) is -0.0928. The van der Waals surface area contributed by atoms with E-state index in [1.807, 2.05) is 54.6 Å². The van der Waals surface area contributed by atoms with Crippen molar-refractivity contribution >= 4 is 11.6 Å². The second-order valence-corrected chi connectivity index (χ2v) is 3.92. The molecule has 0 spiro atoms. The molecule has 1 atom stereocenters. The van der Waals surface area contributed by atoms with Gasteiger partial charge in [-0.15, -0.1) is 0 Å². The molecule has 0 aromatic heterocycles. The highest BCUT2D eigenvalue weighted by atomic mass is 16.2. The van der Waals surface area contributed by atoms with Gasteiger partial charge in [-0.2, -0.15) is 0 Å². The Morgan fingerprint density at radius 3 is 2.38 bits per heavy atom. The summed E-state index contributed by atoms with van der Waals surface area (Å²) in [6, 6.07) is 17.7. The highest BCUT2D eigenvalue weighted by Gasteiger charge is 2.30. The van der Waals surface area contributed by atoms with Crippen LogP contribution in [0.3, 0.4) is 0 Å². The molecular weight excluding hydrogens is 198 g/mol. The number of rotatable bonds is 1. The zero-order valence-electron chi connectivity index (χ0n) is 8.68. The first-order chi connectivity index (χ1) is 7.86. The molecule has 0 fully saturated rings. The number of nitrogens with one attached hydrogen (secondary N) is 1. The van der Waals surface area contributed by atoms with Crippen LogP contribution in [0.5, 0.6) is 0 Å². The molecule has 2 nitrogen and oxygen atoms in total. The van der Waals surface area contributed by atoms with Gasteiger partial charge >= 0.3 is 0 Å². The van der Waals surface area contributed by atoms with Gasteiger partial charge < -0.3 is 5.32 Å². The predicted molar refractivity (Wildman–Crippen MR) is 63.4 cm³/mol. The summed E-state index contributed by atoms with van der Waals surface area (Å²) in [5, 5.41) is 2.91. The van der Waals surface area contributed by atoms with Gasteiger partial charge in [0.2, 0.25) is 5.91 Å². The molecule has 1 N–H and O–H groups in total. The fourth-order valence-corrected chi connectivity index (χ4v) is 2.19. The van der Waals surface area contributed by atoms with Crippen LogP contribution in [0.2, 0.25) is 0 Å². The number of carbonyl (C=O) groups excluding carboxylic acids is 1. The molecule has 1 aliphatic rings. The number of para-hydroxylation sites is 1. The maximum Gasteiger partial charge on any atom is 0.236 e. The Labute approximate surface area is 93.9 Å². The normalized spacial score (nSPS) is 18.0. The van der Waals surface area contributed by atoms with E-state index in [9.17, 15) is 4.79 Å². The molecule has 2 aromatic carbocycles. The standard InChI is InChI=1S/C14H11NO/c16-14-13(10-6-2-1-3-7-10)11-8-4-5-9-12(11)15-14/h1-9,13H,(H,15,16)/t13-/m0/s1. The molecule has 0 saturated carbocycles. The molecule has 1 aliphatic heterocycles. The summed E-state index contributed by atoms with van der Waals surface area (Å²) in [6.45, 7) is 0. The van der Waals surface area contributed by atoms with Gasteiger partial charge in [0.1, 0.15) is 0 Å². The van der Waals surface area contributed by atoms with Crippen molar-refractivity contribution in [1.29, 1.82) is 0 Å². The van der Waals surface area contributed by atoms with Gasteiger partial charge in [0.05, 0.1) is 5.92 Å². The van der Waals surface area contributed by atoms with Crippen molar-refractivity contribution in [2.45, 2.75) is 5.92 Å². The van der Waals surface area contributed by atoms with Crippen LogP contribution in [0.25, 0.3) is 0 Å². The first-order valence-corrected chi connectivity index (χ1v) is 5.31. The van der Waals surface area contributed by atoms with Gasteiger partial charge in [0.25, 0.3) is 0 Å². The first kappa shape index (κ1) is 9.16. The summed E-state index contributed by atoms with van der Waals surface area (Å²) in [7, 11) is 0. The smallest absolute Gasteiger partial charge is 0.236 e. The second-order valence-electron chi connectivity index (χ2n) is 3.92. The van der Waals surface area contributed by atoms with Gasteiger partial charge in [-0.25, -0.2) is 0 Å². The molecule has 0 unspecified atom stereocenters. The monoisotopic (exact) mass is 209 g/mol. The molecule has 0 saturated heterocycles. The summed E-state index contributed by atoms with van der Waals surface area (Å²) in [4.78, 5) is 11.9. The molecule has 0 radical (unpaired) electrons. The van der Waals surface area contributed by atoms with Gasteiger partial charge in [-0.3, -0.25) is 4.79 Å². The third-order valence-electron chi connectivity index (χ3n) is 2.92. The second kappa shape index (κ2) is 3.49. The average Bonchev–Trinajstić information content (AvgIpc) is 2.66. The topological polar surface area (TPSA) is 29.1 Å². The van der Waals surface area contributed by atoms with Crippen molar-refractivity contribution in [1.82, 2.24) is 0 Å². The predicted octanol–water partition coefficient (Wildman–Crippen LogP) is 2.77. The number of benzene rings is 2. The van der Waals surface area contributed by atoms with Gasteiger partial charge in [-0.1, -0.05) is 48.5 Å². The number of carbonyl (C=O) groups is 1. The Hall–Kier alpha value is -2.09. The Kier molecular flexibility index (Phi) is 2.00. The van der Waals surface area contributed by atoms with Crippen LogP contribution in [-0.4, -0.2) is 5.91 Å². The molecule has 0 aliphatic carbocycles. The molecule has 1 amide bonds. The van der Waals surface area contributed by atoms with Crippen LogP contribution >= 0.6 is 0 Å². The lowest BCUT2D eigenvalue weighted by Crippen LogP contribution is -2.12. The van der Waals surface area contributed by atoms with Crippen LogP contribution in [0.15, 0.2) is 54.6 Å². The molecular formula is C14H11NO. The van der Waals surface area contributed by atoms with E-state index in [0.717, 1.165) is 16.8 Å². The Bertz CT molecular complexity index is 533. The maximum atomic E-state index is 11.9. The summed E-state index contributed by atoms with van der Waals surface area (Å²) < 4.78 is 0. The van der Waals surface area contributed by atoms with Crippen molar-refractivity contribution in [3.05, 3.63) is 65.7 Å². The van der Waals surface area contributed by atoms with Gasteiger partial charge in [0, 0.05) is 5.69 Å². The Morgan fingerprint density at radius 1 is 0.875 bits per heavy atom. The van der Waals surface area contributed by atoms with E-state index in [1.165, 1.54) is 0 Å². The van der Waals surface area contributed by atoms with E-state index in [2.05, 4.69) is 5.32 Å². The van der Waals surface area contributed by atoms with Crippen molar-refractivity contribution in [3.8, 4) is 0 Å². The zero-order chi connectivity index (χ0) is 11.0. The fourth-order valence-electron chi connectivity index (χ4n) is 2.19. The largest absolute Gasteiger partial charge is 0.325 e. The van der Waals surface area contributed by atoms with Gasteiger partial charge in [-0.05, 0) is 17.2 Å². The lowest BCUT2D eigenvalue weighted by Gasteiger charge is -2.08. The van der Waals surface area contributed by atoms with Crippen molar-refractivity contribution in [3.63, 3.8) is 0 Å². The van der Waals surface area contributed by atoms with Crippen LogP contribution in [0.4, 0.5) is 5.69 Å². The van der Waals surface area contributed by atoms with Crippen molar-refractivity contribution in [2.24, 2.45) is 0 Å². The molecule has 78 valence electrons. The highest BCUT2D eigenvalue weighted by Crippen LogP contribution is 2.36. The van der Waals surface area contributed by atoms with Crippen molar-refractivity contribution < 1.29 is 4.79 Å². The molecule has 0 bridgehead atoms. The zero-order valence-corrected chi connectivity index (χ0v) is 8.68. The lowest BCUT2D eigenvalue weighted by atomic mass is 9.93. The average molecular weight is 209 g/mol. The third kappa shape index (κ3) is 1.31. The third-order valence-corrected chi connectivity index (χ3v) is 2.92. The lowest BCUT2D eigenvalue weighted by molar-refractivity contribution is -0.116. The molecule has 1 heterocycles.